The van der Waals surface area contributed by atoms with Gasteiger partial charge in [0.25, 0.3) is 10.1 Å². The van der Waals surface area contributed by atoms with Crippen molar-refractivity contribution < 1.29 is 22.5 Å². The molecule has 0 spiro atoms. The molecule has 0 aromatic rings. The summed E-state index contributed by atoms with van der Waals surface area (Å²) in [5.41, 5.74) is 0. The molecule has 0 aromatic heterocycles. The van der Waals surface area contributed by atoms with Crippen LogP contribution in [0.25, 0.3) is 0 Å². The van der Waals surface area contributed by atoms with E-state index in [1.165, 1.54) is 44.9 Å². The Hall–Kier alpha value is -0.620. The summed E-state index contributed by atoms with van der Waals surface area (Å²) < 4.78 is 35.0. The SMILES string of the molecule is CCCCCCCCCCCCOC(=O)C(C)S(=O)(=O)O. The van der Waals surface area contributed by atoms with Gasteiger partial charge in [0, 0.05) is 0 Å². The third-order valence-electron chi connectivity index (χ3n) is 3.52. The largest absolute Gasteiger partial charge is 0.465 e. The van der Waals surface area contributed by atoms with Crippen LogP contribution in [0, 0.1) is 0 Å². The molecule has 0 heterocycles. The van der Waals surface area contributed by atoms with E-state index in [9.17, 15) is 13.2 Å². The molecule has 0 fully saturated rings. The fourth-order valence-electron chi connectivity index (χ4n) is 2.00. The molecule has 0 amide bonds. The molecule has 0 saturated carbocycles. The zero-order valence-corrected chi connectivity index (χ0v) is 14.2. The minimum Gasteiger partial charge on any atom is -0.465 e. The minimum absolute atomic E-state index is 0.217. The number of esters is 1. The smallest absolute Gasteiger partial charge is 0.326 e. The van der Waals surface area contributed by atoms with Gasteiger partial charge in [-0.3, -0.25) is 9.35 Å². The molecular weight excluding hydrogens is 292 g/mol. The van der Waals surface area contributed by atoms with Gasteiger partial charge in [-0.1, -0.05) is 64.7 Å². The van der Waals surface area contributed by atoms with Crippen molar-refractivity contribution in [2.24, 2.45) is 0 Å². The molecule has 21 heavy (non-hydrogen) atoms. The molecule has 0 aliphatic heterocycles. The Balaban J connectivity index is 3.39. The molecular formula is C15H30O5S. The Bertz CT molecular complexity index is 364. The average Bonchev–Trinajstić information content (AvgIpc) is 2.42. The van der Waals surface area contributed by atoms with Crippen LogP contribution in [0.5, 0.6) is 0 Å². The van der Waals surface area contributed by atoms with Gasteiger partial charge in [0.05, 0.1) is 6.61 Å². The van der Waals surface area contributed by atoms with Crippen molar-refractivity contribution in [1.29, 1.82) is 0 Å². The second-order valence-corrected chi connectivity index (χ2v) is 7.24. The summed E-state index contributed by atoms with van der Waals surface area (Å²) in [4.78, 5) is 11.3. The van der Waals surface area contributed by atoms with Crippen LogP contribution in [0.2, 0.25) is 0 Å². The lowest BCUT2D eigenvalue weighted by atomic mass is 10.1. The van der Waals surface area contributed by atoms with Crippen LogP contribution < -0.4 is 0 Å². The summed E-state index contributed by atoms with van der Waals surface area (Å²) in [6.07, 6.45) is 11.8. The Morgan fingerprint density at radius 3 is 1.81 bits per heavy atom. The van der Waals surface area contributed by atoms with Gasteiger partial charge in [-0.2, -0.15) is 8.42 Å². The number of hydrogen-bond donors (Lipinski definition) is 1. The van der Waals surface area contributed by atoms with Crippen LogP contribution in [-0.4, -0.2) is 30.8 Å². The predicted molar refractivity (Wildman–Crippen MR) is 83.8 cm³/mol. The van der Waals surface area contributed by atoms with E-state index in [0.29, 0.717) is 0 Å². The molecule has 5 nitrogen and oxygen atoms in total. The van der Waals surface area contributed by atoms with Crippen molar-refractivity contribution in [3.63, 3.8) is 0 Å². The van der Waals surface area contributed by atoms with Gasteiger partial charge >= 0.3 is 5.97 Å². The zero-order chi connectivity index (χ0) is 16.1. The summed E-state index contributed by atoms with van der Waals surface area (Å²) in [5.74, 6) is -0.881. The van der Waals surface area contributed by atoms with Crippen LogP contribution in [0.4, 0.5) is 0 Å². The molecule has 126 valence electrons. The fourth-order valence-corrected chi connectivity index (χ4v) is 2.31. The van der Waals surface area contributed by atoms with Crippen LogP contribution >= 0.6 is 0 Å². The maximum atomic E-state index is 11.3. The van der Waals surface area contributed by atoms with Gasteiger partial charge in [0.15, 0.2) is 5.25 Å². The first kappa shape index (κ1) is 20.4. The molecule has 0 aromatic carbocycles. The fraction of sp³-hybridized carbons (Fsp3) is 0.933. The number of rotatable bonds is 13. The second kappa shape index (κ2) is 12.0. The lowest BCUT2D eigenvalue weighted by molar-refractivity contribution is -0.143. The van der Waals surface area contributed by atoms with E-state index in [1.54, 1.807) is 0 Å². The van der Waals surface area contributed by atoms with Gasteiger partial charge in [0.1, 0.15) is 0 Å². The highest BCUT2D eigenvalue weighted by Crippen LogP contribution is 2.10. The number of hydrogen-bond acceptors (Lipinski definition) is 4. The van der Waals surface area contributed by atoms with Crippen LogP contribution in [0.15, 0.2) is 0 Å². The highest BCUT2D eigenvalue weighted by molar-refractivity contribution is 7.87. The molecule has 1 atom stereocenters. The Morgan fingerprint density at radius 1 is 0.952 bits per heavy atom. The summed E-state index contributed by atoms with van der Waals surface area (Å²) in [5, 5.41) is -1.50. The second-order valence-electron chi connectivity index (χ2n) is 5.51. The Kier molecular flexibility index (Phi) is 11.6. The van der Waals surface area contributed by atoms with Gasteiger partial charge in [-0.05, 0) is 13.3 Å². The first-order valence-electron chi connectivity index (χ1n) is 8.02. The average molecular weight is 322 g/mol. The number of carbonyl (C=O) groups is 1. The number of unbranched alkanes of at least 4 members (excludes halogenated alkanes) is 9. The summed E-state index contributed by atoms with van der Waals surface area (Å²) >= 11 is 0. The lowest BCUT2D eigenvalue weighted by Crippen LogP contribution is -2.28. The quantitative estimate of drug-likeness (QED) is 0.317. The zero-order valence-electron chi connectivity index (χ0n) is 13.3. The molecule has 0 radical (unpaired) electrons. The van der Waals surface area contributed by atoms with Crippen LogP contribution in [-0.2, 0) is 19.6 Å². The van der Waals surface area contributed by atoms with Crippen molar-refractivity contribution in [3.05, 3.63) is 0 Å². The van der Waals surface area contributed by atoms with E-state index < -0.39 is 21.3 Å². The molecule has 0 aliphatic rings. The van der Waals surface area contributed by atoms with E-state index in [4.69, 9.17) is 9.29 Å². The monoisotopic (exact) mass is 322 g/mol. The van der Waals surface area contributed by atoms with E-state index in [-0.39, 0.29) is 6.61 Å². The molecule has 0 saturated heterocycles. The van der Waals surface area contributed by atoms with Crippen molar-refractivity contribution >= 4 is 16.1 Å². The van der Waals surface area contributed by atoms with E-state index in [0.717, 1.165) is 26.2 Å². The Labute approximate surface area is 129 Å². The van der Waals surface area contributed by atoms with Gasteiger partial charge in [0.2, 0.25) is 0 Å². The summed E-state index contributed by atoms with van der Waals surface area (Å²) in [7, 11) is -4.34. The maximum absolute atomic E-state index is 11.3. The third kappa shape index (κ3) is 11.7. The first-order valence-corrected chi connectivity index (χ1v) is 9.52. The van der Waals surface area contributed by atoms with E-state index in [1.807, 2.05) is 0 Å². The molecule has 1 N–H and O–H groups in total. The van der Waals surface area contributed by atoms with Crippen molar-refractivity contribution in [2.75, 3.05) is 6.61 Å². The molecule has 0 bridgehead atoms. The predicted octanol–water partition coefficient (Wildman–Crippen LogP) is 3.73. The molecule has 6 heteroatoms. The van der Waals surface area contributed by atoms with E-state index in [2.05, 4.69) is 6.92 Å². The summed E-state index contributed by atoms with van der Waals surface area (Å²) in [6, 6.07) is 0. The highest BCUT2D eigenvalue weighted by Gasteiger charge is 2.26. The van der Waals surface area contributed by atoms with E-state index >= 15 is 0 Å². The van der Waals surface area contributed by atoms with Gasteiger partial charge < -0.3 is 4.74 Å². The van der Waals surface area contributed by atoms with Crippen molar-refractivity contribution in [2.45, 2.75) is 83.3 Å². The molecule has 0 rings (SSSR count). The summed E-state index contributed by atoms with van der Waals surface area (Å²) in [6.45, 7) is 3.55. The Morgan fingerprint density at radius 2 is 1.38 bits per heavy atom. The number of ether oxygens (including phenoxy) is 1. The standard InChI is InChI=1S/C15H30O5S/c1-3-4-5-6-7-8-9-10-11-12-13-20-15(16)14(2)21(17,18)19/h14H,3-13H2,1-2H3,(H,17,18,19). The van der Waals surface area contributed by atoms with Crippen LogP contribution in [0.1, 0.15) is 78.1 Å². The lowest BCUT2D eigenvalue weighted by Gasteiger charge is -2.08. The topological polar surface area (TPSA) is 80.7 Å². The molecule has 1 unspecified atom stereocenters. The van der Waals surface area contributed by atoms with Gasteiger partial charge in [-0.25, -0.2) is 0 Å². The minimum atomic E-state index is -4.34. The highest BCUT2D eigenvalue weighted by atomic mass is 32.2. The first-order chi connectivity index (χ1) is 9.89. The van der Waals surface area contributed by atoms with Gasteiger partial charge in [-0.15, -0.1) is 0 Å². The molecule has 0 aliphatic carbocycles. The maximum Gasteiger partial charge on any atom is 0.326 e. The normalized spacial score (nSPS) is 13.1. The number of carbonyl (C=O) groups excluding carboxylic acids is 1. The third-order valence-corrected chi connectivity index (χ3v) is 4.61. The van der Waals surface area contributed by atoms with Crippen LogP contribution in [0.3, 0.4) is 0 Å². The van der Waals surface area contributed by atoms with Crippen molar-refractivity contribution in [3.8, 4) is 0 Å². The van der Waals surface area contributed by atoms with Crippen molar-refractivity contribution in [1.82, 2.24) is 0 Å².